The lowest BCUT2D eigenvalue weighted by atomic mass is 9.88. The lowest BCUT2D eigenvalue weighted by molar-refractivity contribution is -0.0238. The summed E-state index contributed by atoms with van der Waals surface area (Å²) in [6.45, 7) is 13.1. The monoisotopic (exact) mass is 321 g/mol. The Morgan fingerprint density at radius 1 is 1.48 bits per heavy atom. The quantitative estimate of drug-likeness (QED) is 0.788. The summed E-state index contributed by atoms with van der Waals surface area (Å²) in [5.41, 5.74) is 1.58. The van der Waals surface area contributed by atoms with Crippen molar-refractivity contribution in [2.24, 2.45) is 0 Å². The molecule has 1 aliphatic rings. The van der Waals surface area contributed by atoms with E-state index in [1.807, 2.05) is 33.8 Å². The molecule has 5 heteroatoms. The molecule has 1 aromatic rings. The second-order valence-electron chi connectivity index (χ2n) is 7.18. The fourth-order valence-corrected chi connectivity index (χ4v) is 2.69. The van der Waals surface area contributed by atoms with Crippen LogP contribution in [0.5, 0.6) is 0 Å². The Labute approximate surface area is 138 Å². The van der Waals surface area contributed by atoms with E-state index in [9.17, 15) is 4.79 Å². The maximum absolute atomic E-state index is 12.3. The zero-order chi connectivity index (χ0) is 17.0. The van der Waals surface area contributed by atoms with Crippen LogP contribution in [0.15, 0.2) is 35.2 Å². The Balaban J connectivity index is 2.06. The third-order valence-electron chi connectivity index (χ3n) is 3.73. The summed E-state index contributed by atoms with van der Waals surface area (Å²) < 4.78 is 16.7. The SMILES string of the molecule is C=C(C)CO[C@H]1CN(C(=O)OC(C)(C)C)CC[C@@H]1c1ccoc1. The van der Waals surface area contributed by atoms with Crippen LogP contribution in [0.3, 0.4) is 0 Å². The first-order valence-electron chi connectivity index (χ1n) is 8.02. The highest BCUT2D eigenvalue weighted by atomic mass is 16.6. The molecule has 23 heavy (non-hydrogen) atoms. The van der Waals surface area contributed by atoms with Gasteiger partial charge in [-0.3, -0.25) is 0 Å². The molecule has 1 fully saturated rings. The van der Waals surface area contributed by atoms with Crippen molar-refractivity contribution in [3.63, 3.8) is 0 Å². The van der Waals surface area contributed by atoms with Crippen LogP contribution in [0.4, 0.5) is 4.79 Å². The highest BCUT2D eigenvalue weighted by Crippen LogP contribution is 2.31. The number of carbonyl (C=O) groups is 1. The summed E-state index contributed by atoms with van der Waals surface area (Å²) in [5.74, 6) is 0.215. The molecule has 2 atom stereocenters. The number of nitrogens with zero attached hydrogens (tertiary/aromatic N) is 1. The van der Waals surface area contributed by atoms with E-state index >= 15 is 0 Å². The molecule has 1 aliphatic heterocycles. The van der Waals surface area contributed by atoms with E-state index in [0.29, 0.717) is 19.7 Å². The maximum Gasteiger partial charge on any atom is 0.410 e. The van der Waals surface area contributed by atoms with Gasteiger partial charge in [0, 0.05) is 12.5 Å². The number of amides is 1. The summed E-state index contributed by atoms with van der Waals surface area (Å²) in [4.78, 5) is 14.0. The number of likely N-dealkylation sites (tertiary alicyclic amines) is 1. The normalized spacial score (nSPS) is 22.0. The number of rotatable bonds is 4. The Morgan fingerprint density at radius 3 is 2.78 bits per heavy atom. The molecule has 1 amide bonds. The molecule has 128 valence electrons. The van der Waals surface area contributed by atoms with E-state index in [2.05, 4.69) is 6.58 Å². The zero-order valence-corrected chi connectivity index (χ0v) is 14.5. The summed E-state index contributed by atoms with van der Waals surface area (Å²) in [7, 11) is 0. The summed E-state index contributed by atoms with van der Waals surface area (Å²) in [6, 6.07) is 1.96. The molecular weight excluding hydrogens is 294 g/mol. The second kappa shape index (κ2) is 7.21. The Hall–Kier alpha value is -1.75. The van der Waals surface area contributed by atoms with Crippen LogP contribution in [0, 0.1) is 0 Å². The Bertz CT molecular complexity index is 530. The minimum atomic E-state index is -0.494. The highest BCUT2D eigenvalue weighted by molar-refractivity contribution is 5.68. The number of hydrogen-bond donors (Lipinski definition) is 0. The van der Waals surface area contributed by atoms with Gasteiger partial charge >= 0.3 is 6.09 Å². The van der Waals surface area contributed by atoms with E-state index in [0.717, 1.165) is 17.6 Å². The third-order valence-corrected chi connectivity index (χ3v) is 3.73. The highest BCUT2D eigenvalue weighted by Gasteiger charge is 2.35. The van der Waals surface area contributed by atoms with Crippen molar-refractivity contribution in [3.05, 3.63) is 36.3 Å². The molecule has 0 N–H and O–H groups in total. The standard InChI is InChI=1S/C18H27NO4/c1-13(2)11-22-16-10-19(17(20)23-18(3,4)5)8-6-15(16)14-7-9-21-12-14/h7,9,12,15-16H,1,6,8,10-11H2,2-5H3/t15-,16+/m1/s1. The van der Waals surface area contributed by atoms with Crippen LogP contribution >= 0.6 is 0 Å². The van der Waals surface area contributed by atoms with Gasteiger partial charge in [-0.1, -0.05) is 12.2 Å². The van der Waals surface area contributed by atoms with Crippen LogP contribution in [0.1, 0.15) is 45.6 Å². The first-order chi connectivity index (χ1) is 10.8. The molecule has 0 saturated carbocycles. The summed E-state index contributed by atoms with van der Waals surface area (Å²) in [5, 5.41) is 0. The minimum Gasteiger partial charge on any atom is -0.472 e. The van der Waals surface area contributed by atoms with Crippen LogP contribution in [0.2, 0.25) is 0 Å². The molecule has 0 unspecified atom stereocenters. The average molecular weight is 321 g/mol. The van der Waals surface area contributed by atoms with Gasteiger partial charge in [0.15, 0.2) is 0 Å². The van der Waals surface area contributed by atoms with E-state index in [1.54, 1.807) is 17.4 Å². The van der Waals surface area contributed by atoms with Crippen LogP contribution in [-0.4, -0.2) is 42.4 Å². The molecule has 2 heterocycles. The number of hydrogen-bond acceptors (Lipinski definition) is 4. The first kappa shape index (κ1) is 17.6. The van der Waals surface area contributed by atoms with Gasteiger partial charge in [0.1, 0.15) is 5.60 Å². The molecular formula is C18H27NO4. The fraction of sp³-hybridized carbons (Fsp3) is 0.611. The van der Waals surface area contributed by atoms with Crippen molar-refractivity contribution in [1.82, 2.24) is 4.90 Å². The number of piperidine rings is 1. The van der Waals surface area contributed by atoms with Crippen molar-refractivity contribution in [2.45, 2.75) is 51.7 Å². The Morgan fingerprint density at radius 2 is 2.22 bits per heavy atom. The van der Waals surface area contributed by atoms with Gasteiger partial charge in [0.05, 0.1) is 31.8 Å². The van der Waals surface area contributed by atoms with Gasteiger partial charge < -0.3 is 18.8 Å². The van der Waals surface area contributed by atoms with Crippen molar-refractivity contribution in [2.75, 3.05) is 19.7 Å². The maximum atomic E-state index is 12.3. The predicted octanol–water partition coefficient (Wildman–Crippen LogP) is 3.97. The molecule has 1 aromatic heterocycles. The number of ether oxygens (including phenoxy) is 2. The van der Waals surface area contributed by atoms with Gasteiger partial charge in [0.25, 0.3) is 0 Å². The van der Waals surface area contributed by atoms with E-state index < -0.39 is 5.60 Å². The molecule has 0 aromatic carbocycles. The van der Waals surface area contributed by atoms with Crippen molar-refractivity contribution in [1.29, 1.82) is 0 Å². The summed E-state index contributed by atoms with van der Waals surface area (Å²) in [6.07, 6.45) is 3.87. The molecule has 2 rings (SSSR count). The minimum absolute atomic E-state index is 0.0921. The number of furan rings is 1. The number of carbonyl (C=O) groups excluding carboxylic acids is 1. The van der Waals surface area contributed by atoms with Gasteiger partial charge in [-0.2, -0.15) is 0 Å². The topological polar surface area (TPSA) is 51.9 Å². The molecule has 0 bridgehead atoms. The molecule has 5 nitrogen and oxygen atoms in total. The molecule has 0 aliphatic carbocycles. The Kier molecular flexibility index (Phi) is 5.52. The van der Waals surface area contributed by atoms with Gasteiger partial charge in [-0.05, 0) is 45.7 Å². The van der Waals surface area contributed by atoms with Crippen LogP contribution in [0.25, 0.3) is 0 Å². The van der Waals surface area contributed by atoms with Crippen molar-refractivity contribution >= 4 is 6.09 Å². The van der Waals surface area contributed by atoms with Crippen molar-refractivity contribution < 1.29 is 18.7 Å². The smallest absolute Gasteiger partial charge is 0.410 e. The van der Waals surface area contributed by atoms with Gasteiger partial charge in [-0.15, -0.1) is 0 Å². The first-order valence-corrected chi connectivity index (χ1v) is 8.02. The molecule has 1 saturated heterocycles. The van der Waals surface area contributed by atoms with Crippen LogP contribution in [-0.2, 0) is 9.47 Å². The van der Waals surface area contributed by atoms with E-state index in [-0.39, 0.29) is 18.1 Å². The average Bonchev–Trinajstić information content (AvgIpc) is 2.96. The zero-order valence-electron chi connectivity index (χ0n) is 14.5. The van der Waals surface area contributed by atoms with Crippen LogP contribution < -0.4 is 0 Å². The largest absolute Gasteiger partial charge is 0.472 e. The van der Waals surface area contributed by atoms with Crippen molar-refractivity contribution in [3.8, 4) is 0 Å². The predicted molar refractivity (Wildman–Crippen MR) is 88.4 cm³/mol. The lowest BCUT2D eigenvalue weighted by Crippen LogP contribution is -2.48. The second-order valence-corrected chi connectivity index (χ2v) is 7.18. The fourth-order valence-electron chi connectivity index (χ4n) is 2.69. The lowest BCUT2D eigenvalue weighted by Gasteiger charge is -2.38. The van der Waals surface area contributed by atoms with E-state index in [4.69, 9.17) is 13.9 Å². The molecule has 0 spiro atoms. The third kappa shape index (κ3) is 5.13. The van der Waals surface area contributed by atoms with E-state index in [1.165, 1.54) is 0 Å². The van der Waals surface area contributed by atoms with Gasteiger partial charge in [0.2, 0.25) is 0 Å². The molecule has 0 radical (unpaired) electrons. The summed E-state index contributed by atoms with van der Waals surface area (Å²) >= 11 is 0. The van der Waals surface area contributed by atoms with Gasteiger partial charge in [-0.25, -0.2) is 4.79 Å².